The maximum absolute atomic E-state index is 6.30. The second-order valence-electron chi connectivity index (χ2n) is 5.11. The first kappa shape index (κ1) is 13.3. The van der Waals surface area contributed by atoms with Crippen molar-refractivity contribution in [3.63, 3.8) is 0 Å². The number of nitrogens with zero attached hydrogens (tertiary/aromatic N) is 1. The quantitative estimate of drug-likeness (QED) is 0.722. The van der Waals surface area contributed by atoms with Gasteiger partial charge >= 0.3 is 0 Å². The summed E-state index contributed by atoms with van der Waals surface area (Å²) in [6.45, 7) is 2.26. The Balaban J connectivity index is 2.03. The largest absolute Gasteiger partial charge is 0.371 e. The Kier molecular flexibility index (Phi) is 4.08. The van der Waals surface area contributed by atoms with Gasteiger partial charge < -0.3 is 4.90 Å². The van der Waals surface area contributed by atoms with Crippen LogP contribution in [0.5, 0.6) is 0 Å². The fraction of sp³-hybridized carbons (Fsp3) is 0.222. The highest BCUT2D eigenvalue weighted by atomic mass is 35.5. The molecular formula is C18H18ClN. The molecule has 1 aliphatic rings. The second-order valence-corrected chi connectivity index (χ2v) is 5.52. The summed E-state index contributed by atoms with van der Waals surface area (Å²) in [4.78, 5) is 2.46. The fourth-order valence-corrected chi connectivity index (χ4v) is 2.85. The molecule has 0 atom stereocenters. The predicted octanol–water partition coefficient (Wildman–Crippen LogP) is 4.93. The summed E-state index contributed by atoms with van der Waals surface area (Å²) in [5, 5.41) is 0.806. The van der Waals surface area contributed by atoms with Gasteiger partial charge in [-0.05, 0) is 36.1 Å². The van der Waals surface area contributed by atoms with E-state index in [1.54, 1.807) is 0 Å². The summed E-state index contributed by atoms with van der Waals surface area (Å²) in [5.74, 6) is 0. The molecule has 0 aliphatic carbocycles. The third kappa shape index (κ3) is 2.88. The van der Waals surface area contributed by atoms with Crippen molar-refractivity contribution in [1.82, 2.24) is 4.90 Å². The molecule has 1 nitrogen and oxygen atoms in total. The van der Waals surface area contributed by atoms with Gasteiger partial charge in [0.2, 0.25) is 0 Å². The molecule has 2 aromatic rings. The van der Waals surface area contributed by atoms with Crippen LogP contribution in [0.15, 0.2) is 54.6 Å². The standard InChI is InChI=1S/C18H18ClN/c19-17-11-5-4-10-16(17)14-18(20-12-6-7-13-20)15-8-2-1-3-9-15/h1-5,8-11,14H,6-7,12-13H2/b18-14+. The van der Waals surface area contributed by atoms with Crippen molar-refractivity contribution in [2.75, 3.05) is 13.1 Å². The van der Waals surface area contributed by atoms with Crippen LogP contribution in [0.3, 0.4) is 0 Å². The Labute approximate surface area is 125 Å². The molecule has 1 saturated heterocycles. The Morgan fingerprint density at radius 1 is 0.900 bits per heavy atom. The first-order valence-electron chi connectivity index (χ1n) is 7.11. The van der Waals surface area contributed by atoms with Crippen molar-refractivity contribution in [2.45, 2.75) is 12.8 Å². The van der Waals surface area contributed by atoms with Crippen molar-refractivity contribution in [3.05, 3.63) is 70.7 Å². The zero-order valence-corrected chi connectivity index (χ0v) is 12.2. The summed E-state index contributed by atoms with van der Waals surface area (Å²) in [5.41, 5.74) is 3.62. The average Bonchev–Trinajstić information content (AvgIpc) is 3.01. The topological polar surface area (TPSA) is 3.24 Å². The van der Waals surface area contributed by atoms with E-state index >= 15 is 0 Å². The molecule has 0 spiro atoms. The summed E-state index contributed by atoms with van der Waals surface area (Å²) >= 11 is 6.30. The fourth-order valence-electron chi connectivity index (χ4n) is 2.66. The highest BCUT2D eigenvalue weighted by Gasteiger charge is 2.16. The van der Waals surface area contributed by atoms with E-state index in [2.05, 4.69) is 47.4 Å². The first-order chi connectivity index (χ1) is 9.84. The van der Waals surface area contributed by atoms with E-state index in [1.807, 2.05) is 18.2 Å². The zero-order valence-electron chi connectivity index (χ0n) is 11.4. The molecule has 1 heterocycles. The number of rotatable bonds is 3. The van der Waals surface area contributed by atoms with Gasteiger partial charge in [0.1, 0.15) is 0 Å². The van der Waals surface area contributed by atoms with Crippen LogP contribution >= 0.6 is 11.6 Å². The maximum atomic E-state index is 6.30. The molecule has 2 aromatic carbocycles. The molecular weight excluding hydrogens is 266 g/mol. The lowest BCUT2D eigenvalue weighted by atomic mass is 10.1. The molecule has 0 radical (unpaired) electrons. The lowest BCUT2D eigenvalue weighted by Crippen LogP contribution is -2.17. The van der Waals surface area contributed by atoms with Gasteiger partial charge in [-0.25, -0.2) is 0 Å². The van der Waals surface area contributed by atoms with E-state index in [0.717, 1.165) is 23.7 Å². The van der Waals surface area contributed by atoms with E-state index in [0.29, 0.717) is 0 Å². The molecule has 0 aromatic heterocycles. The normalized spacial score (nSPS) is 15.7. The van der Waals surface area contributed by atoms with Crippen LogP contribution in [0.2, 0.25) is 5.02 Å². The van der Waals surface area contributed by atoms with Crippen molar-refractivity contribution in [3.8, 4) is 0 Å². The Bertz CT molecular complexity index is 598. The SMILES string of the molecule is Clc1ccccc1/C=C(\c1ccccc1)N1CCCC1. The van der Waals surface area contributed by atoms with E-state index in [9.17, 15) is 0 Å². The van der Waals surface area contributed by atoms with Gasteiger partial charge in [0, 0.05) is 23.8 Å². The first-order valence-corrected chi connectivity index (χ1v) is 7.49. The highest BCUT2D eigenvalue weighted by Crippen LogP contribution is 2.28. The van der Waals surface area contributed by atoms with Crippen LogP contribution in [0.4, 0.5) is 0 Å². The lowest BCUT2D eigenvalue weighted by molar-refractivity contribution is 0.495. The van der Waals surface area contributed by atoms with E-state index in [-0.39, 0.29) is 0 Å². The number of hydrogen-bond donors (Lipinski definition) is 0. The van der Waals surface area contributed by atoms with E-state index in [4.69, 9.17) is 11.6 Å². The highest BCUT2D eigenvalue weighted by molar-refractivity contribution is 6.32. The molecule has 0 amide bonds. The number of hydrogen-bond acceptors (Lipinski definition) is 1. The molecule has 0 unspecified atom stereocenters. The summed E-state index contributed by atoms with van der Waals surface area (Å²) in [6.07, 6.45) is 4.75. The van der Waals surface area contributed by atoms with Crippen molar-refractivity contribution in [2.24, 2.45) is 0 Å². The summed E-state index contributed by atoms with van der Waals surface area (Å²) < 4.78 is 0. The Hall–Kier alpha value is -1.73. The third-order valence-corrected chi connectivity index (χ3v) is 4.06. The molecule has 102 valence electrons. The van der Waals surface area contributed by atoms with Gasteiger partial charge in [-0.2, -0.15) is 0 Å². The number of likely N-dealkylation sites (tertiary alicyclic amines) is 1. The Morgan fingerprint density at radius 2 is 1.55 bits per heavy atom. The lowest BCUT2D eigenvalue weighted by Gasteiger charge is -2.22. The molecule has 0 N–H and O–H groups in total. The Morgan fingerprint density at radius 3 is 2.25 bits per heavy atom. The molecule has 3 rings (SSSR count). The van der Waals surface area contributed by atoms with Crippen LogP contribution in [0, 0.1) is 0 Å². The van der Waals surface area contributed by atoms with Crippen LogP contribution in [0.25, 0.3) is 11.8 Å². The van der Waals surface area contributed by atoms with Crippen LogP contribution in [-0.2, 0) is 0 Å². The molecule has 2 heteroatoms. The minimum atomic E-state index is 0.806. The average molecular weight is 284 g/mol. The second kappa shape index (κ2) is 6.15. The van der Waals surface area contributed by atoms with Gasteiger partial charge in [0.25, 0.3) is 0 Å². The third-order valence-electron chi connectivity index (χ3n) is 3.71. The van der Waals surface area contributed by atoms with Gasteiger partial charge in [-0.15, -0.1) is 0 Å². The number of halogens is 1. The predicted molar refractivity (Wildman–Crippen MR) is 86.6 cm³/mol. The minimum absolute atomic E-state index is 0.806. The summed E-state index contributed by atoms with van der Waals surface area (Å²) in [6, 6.07) is 18.6. The summed E-state index contributed by atoms with van der Waals surface area (Å²) in [7, 11) is 0. The van der Waals surface area contributed by atoms with Gasteiger partial charge in [0.15, 0.2) is 0 Å². The van der Waals surface area contributed by atoms with E-state index < -0.39 is 0 Å². The van der Waals surface area contributed by atoms with Crippen molar-refractivity contribution in [1.29, 1.82) is 0 Å². The van der Waals surface area contributed by atoms with Crippen LogP contribution in [0.1, 0.15) is 24.0 Å². The number of benzene rings is 2. The van der Waals surface area contributed by atoms with Crippen molar-refractivity contribution >= 4 is 23.4 Å². The van der Waals surface area contributed by atoms with Gasteiger partial charge in [0.05, 0.1) is 0 Å². The minimum Gasteiger partial charge on any atom is -0.371 e. The molecule has 0 bridgehead atoms. The van der Waals surface area contributed by atoms with Gasteiger partial charge in [-0.1, -0.05) is 60.1 Å². The van der Waals surface area contributed by atoms with Crippen molar-refractivity contribution < 1.29 is 0 Å². The van der Waals surface area contributed by atoms with E-state index in [1.165, 1.54) is 24.1 Å². The zero-order chi connectivity index (χ0) is 13.8. The van der Waals surface area contributed by atoms with Gasteiger partial charge in [-0.3, -0.25) is 0 Å². The molecule has 1 aliphatic heterocycles. The molecule has 20 heavy (non-hydrogen) atoms. The maximum Gasteiger partial charge on any atom is 0.0479 e. The van der Waals surface area contributed by atoms with Crippen LogP contribution in [-0.4, -0.2) is 18.0 Å². The molecule has 0 saturated carbocycles. The molecule has 1 fully saturated rings. The van der Waals surface area contributed by atoms with Crippen LogP contribution < -0.4 is 0 Å². The monoisotopic (exact) mass is 283 g/mol. The smallest absolute Gasteiger partial charge is 0.0479 e.